The van der Waals surface area contributed by atoms with Crippen LogP contribution in [0.5, 0.6) is 0 Å². The molecule has 2 aliphatic carbocycles. The summed E-state index contributed by atoms with van der Waals surface area (Å²) in [5, 5.41) is 2.63. The first kappa shape index (κ1) is 19.2. The Bertz CT molecular complexity index is 1080. The molecular formula is C24H20N2O5. The number of carbonyl (C=O) groups excluding carboxylic acids is 4. The number of anilines is 2. The molecule has 7 nitrogen and oxygen atoms in total. The number of para-hydroxylation sites is 1. The predicted molar refractivity (Wildman–Crippen MR) is 112 cm³/mol. The predicted octanol–water partition coefficient (Wildman–Crippen LogP) is 2.79. The second kappa shape index (κ2) is 7.50. The molecule has 0 unspecified atom stereocenters. The highest BCUT2D eigenvalue weighted by Crippen LogP contribution is 2.53. The molecule has 2 fully saturated rings. The van der Waals surface area contributed by atoms with Gasteiger partial charge in [0.1, 0.15) is 0 Å². The number of esters is 1. The number of amides is 3. The van der Waals surface area contributed by atoms with E-state index in [2.05, 4.69) is 5.32 Å². The summed E-state index contributed by atoms with van der Waals surface area (Å²) in [7, 11) is 0. The minimum absolute atomic E-state index is 0.118. The van der Waals surface area contributed by atoms with Crippen LogP contribution in [0.25, 0.3) is 0 Å². The van der Waals surface area contributed by atoms with Crippen LogP contribution < -0.4 is 10.2 Å². The van der Waals surface area contributed by atoms with Gasteiger partial charge in [0.25, 0.3) is 5.91 Å². The van der Waals surface area contributed by atoms with E-state index in [9.17, 15) is 19.2 Å². The fourth-order valence-corrected chi connectivity index (χ4v) is 4.86. The van der Waals surface area contributed by atoms with Gasteiger partial charge in [-0.25, -0.2) is 9.69 Å². The second-order valence-electron chi connectivity index (χ2n) is 8.05. The van der Waals surface area contributed by atoms with Crippen molar-refractivity contribution in [2.45, 2.75) is 6.42 Å². The Balaban J connectivity index is 1.26. The summed E-state index contributed by atoms with van der Waals surface area (Å²) in [6.07, 6.45) is 4.93. The van der Waals surface area contributed by atoms with Crippen LogP contribution in [0.3, 0.4) is 0 Å². The molecule has 0 spiro atoms. The first-order valence-corrected chi connectivity index (χ1v) is 10.2. The van der Waals surface area contributed by atoms with Gasteiger partial charge in [-0.2, -0.15) is 0 Å². The molecule has 31 heavy (non-hydrogen) atoms. The fourth-order valence-electron chi connectivity index (χ4n) is 4.86. The number of nitrogens with one attached hydrogen (secondary N) is 1. The monoisotopic (exact) mass is 416 g/mol. The lowest BCUT2D eigenvalue weighted by atomic mass is 9.85. The molecule has 4 atom stereocenters. The zero-order valence-electron chi connectivity index (χ0n) is 16.6. The number of rotatable bonds is 5. The number of benzene rings is 2. The average molecular weight is 416 g/mol. The molecule has 156 valence electrons. The Morgan fingerprint density at radius 2 is 1.61 bits per heavy atom. The maximum atomic E-state index is 13.0. The topological polar surface area (TPSA) is 92.8 Å². The van der Waals surface area contributed by atoms with Crippen LogP contribution in [0.15, 0.2) is 66.7 Å². The molecule has 0 aromatic heterocycles. The van der Waals surface area contributed by atoms with Gasteiger partial charge in [0.15, 0.2) is 6.61 Å². The van der Waals surface area contributed by atoms with Crippen LogP contribution in [0.4, 0.5) is 11.4 Å². The Morgan fingerprint density at radius 1 is 0.935 bits per heavy atom. The minimum Gasteiger partial charge on any atom is -0.452 e. The third kappa shape index (κ3) is 3.32. The van der Waals surface area contributed by atoms with Gasteiger partial charge in [-0.3, -0.25) is 14.4 Å². The second-order valence-corrected chi connectivity index (χ2v) is 8.05. The van der Waals surface area contributed by atoms with Crippen LogP contribution in [-0.4, -0.2) is 30.3 Å². The zero-order chi connectivity index (χ0) is 21.5. The van der Waals surface area contributed by atoms with Crippen molar-refractivity contribution in [3.8, 4) is 0 Å². The number of ether oxygens (including phenoxy) is 1. The van der Waals surface area contributed by atoms with E-state index in [0.29, 0.717) is 11.4 Å². The lowest BCUT2D eigenvalue weighted by molar-refractivity contribution is -0.123. The summed E-state index contributed by atoms with van der Waals surface area (Å²) in [6, 6.07) is 15.1. The molecule has 1 saturated heterocycles. The van der Waals surface area contributed by atoms with E-state index in [1.165, 1.54) is 17.0 Å². The summed E-state index contributed by atoms with van der Waals surface area (Å²) in [5.74, 6) is -1.96. The van der Waals surface area contributed by atoms with E-state index in [0.717, 1.165) is 6.42 Å². The Morgan fingerprint density at radius 3 is 2.29 bits per heavy atom. The van der Waals surface area contributed by atoms with E-state index < -0.39 is 18.5 Å². The number of carbonyl (C=O) groups is 4. The van der Waals surface area contributed by atoms with Crippen molar-refractivity contribution in [1.29, 1.82) is 0 Å². The van der Waals surface area contributed by atoms with E-state index in [1.807, 2.05) is 18.2 Å². The summed E-state index contributed by atoms with van der Waals surface area (Å²) in [5.41, 5.74) is 1.13. The van der Waals surface area contributed by atoms with E-state index in [4.69, 9.17) is 4.74 Å². The maximum absolute atomic E-state index is 13.0. The lowest BCUT2D eigenvalue weighted by Gasteiger charge is -2.18. The van der Waals surface area contributed by atoms with Crippen molar-refractivity contribution in [1.82, 2.24) is 0 Å². The first-order valence-electron chi connectivity index (χ1n) is 10.2. The SMILES string of the molecule is O=C(COC(=O)c1cccc(N2C(=O)[C@@H]3[C@H](C2=O)[C@H]2C=C[C@H]3C2)c1)Nc1ccccc1. The highest BCUT2D eigenvalue weighted by Gasteiger charge is 2.59. The summed E-state index contributed by atoms with van der Waals surface area (Å²) >= 11 is 0. The normalized spacial score (nSPS) is 25.6. The van der Waals surface area contributed by atoms with E-state index in [1.54, 1.807) is 36.4 Å². The Kier molecular flexibility index (Phi) is 4.66. The first-order chi connectivity index (χ1) is 15.0. The van der Waals surface area contributed by atoms with Crippen LogP contribution >= 0.6 is 0 Å². The van der Waals surface area contributed by atoms with Gasteiger partial charge in [-0.05, 0) is 48.6 Å². The maximum Gasteiger partial charge on any atom is 0.338 e. The molecule has 2 bridgehead atoms. The largest absolute Gasteiger partial charge is 0.452 e. The van der Waals surface area contributed by atoms with Gasteiger partial charge < -0.3 is 10.1 Å². The van der Waals surface area contributed by atoms with Crippen LogP contribution in [-0.2, 0) is 19.1 Å². The van der Waals surface area contributed by atoms with E-state index in [-0.39, 0.29) is 41.0 Å². The van der Waals surface area contributed by atoms with Gasteiger partial charge in [0, 0.05) is 5.69 Å². The van der Waals surface area contributed by atoms with Crippen molar-refractivity contribution in [3.63, 3.8) is 0 Å². The van der Waals surface area contributed by atoms with Crippen molar-refractivity contribution in [2.75, 3.05) is 16.8 Å². The van der Waals surface area contributed by atoms with Gasteiger partial charge >= 0.3 is 5.97 Å². The van der Waals surface area contributed by atoms with E-state index >= 15 is 0 Å². The van der Waals surface area contributed by atoms with Crippen molar-refractivity contribution < 1.29 is 23.9 Å². The molecule has 1 aliphatic heterocycles. The number of hydrogen-bond donors (Lipinski definition) is 1. The van der Waals surface area contributed by atoms with Crippen LogP contribution in [0, 0.1) is 23.7 Å². The van der Waals surface area contributed by atoms with Crippen molar-refractivity contribution >= 4 is 35.1 Å². The molecular weight excluding hydrogens is 396 g/mol. The summed E-state index contributed by atoms with van der Waals surface area (Å²) in [6.45, 7) is -0.446. The van der Waals surface area contributed by atoms with Gasteiger partial charge in [0.2, 0.25) is 11.8 Å². The molecule has 0 radical (unpaired) electrons. The van der Waals surface area contributed by atoms with Crippen LogP contribution in [0.1, 0.15) is 16.8 Å². The third-order valence-electron chi connectivity index (χ3n) is 6.20. The molecule has 2 aromatic carbocycles. The van der Waals surface area contributed by atoms with Gasteiger partial charge in [-0.1, -0.05) is 36.4 Å². The van der Waals surface area contributed by atoms with Crippen molar-refractivity contribution in [3.05, 3.63) is 72.3 Å². The molecule has 1 saturated carbocycles. The molecule has 7 heteroatoms. The Hall–Kier alpha value is -3.74. The number of fused-ring (bicyclic) bond motifs is 5. The molecule has 5 rings (SSSR count). The summed E-state index contributed by atoms with van der Waals surface area (Å²) < 4.78 is 5.10. The lowest BCUT2D eigenvalue weighted by Crippen LogP contribution is -2.33. The number of allylic oxidation sites excluding steroid dienone is 2. The van der Waals surface area contributed by atoms with Gasteiger partial charge in [0.05, 0.1) is 23.1 Å². The number of hydrogen-bond acceptors (Lipinski definition) is 5. The molecule has 3 amide bonds. The Labute approximate surface area is 178 Å². The fraction of sp³-hybridized carbons (Fsp3) is 0.250. The molecule has 1 heterocycles. The highest BCUT2D eigenvalue weighted by molar-refractivity contribution is 6.23. The quantitative estimate of drug-likeness (QED) is 0.460. The smallest absolute Gasteiger partial charge is 0.338 e. The highest BCUT2D eigenvalue weighted by atomic mass is 16.5. The van der Waals surface area contributed by atoms with Gasteiger partial charge in [-0.15, -0.1) is 0 Å². The van der Waals surface area contributed by atoms with Crippen molar-refractivity contribution in [2.24, 2.45) is 23.7 Å². The van der Waals surface area contributed by atoms with Crippen LogP contribution in [0.2, 0.25) is 0 Å². The average Bonchev–Trinajstić information content (AvgIpc) is 3.46. The summed E-state index contributed by atoms with van der Waals surface area (Å²) in [4.78, 5) is 51.6. The molecule has 2 aromatic rings. The molecule has 1 N–H and O–H groups in total. The third-order valence-corrected chi connectivity index (χ3v) is 6.20. The zero-order valence-corrected chi connectivity index (χ0v) is 16.6. The number of imide groups is 1. The minimum atomic E-state index is -0.703. The standard InChI is InChI=1S/C24H20N2O5/c27-19(25-17-6-2-1-3-7-17)13-31-24(30)16-5-4-8-18(12-16)26-22(28)20-14-9-10-15(11-14)21(20)23(26)29/h1-10,12,14-15,20-21H,11,13H2,(H,25,27)/t14-,15-,20-,21+/m0/s1. The number of nitrogens with zero attached hydrogens (tertiary/aromatic N) is 1. The molecule has 3 aliphatic rings.